The molecule has 1 aromatic rings. The van der Waals surface area contributed by atoms with Gasteiger partial charge in [-0.1, -0.05) is 12.1 Å². The molecule has 0 bridgehead atoms. The summed E-state index contributed by atoms with van der Waals surface area (Å²) in [5.74, 6) is 0.925. The topological polar surface area (TPSA) is 61.8 Å². The van der Waals surface area contributed by atoms with Gasteiger partial charge in [0.2, 0.25) is 0 Å². The first-order chi connectivity index (χ1) is 11.1. The number of methoxy groups -OCH3 is 1. The molecule has 0 amide bonds. The minimum Gasteiger partial charge on any atom is -0.497 e. The molecule has 0 heterocycles. The van der Waals surface area contributed by atoms with E-state index in [0.29, 0.717) is 19.0 Å². The summed E-state index contributed by atoms with van der Waals surface area (Å²) < 4.78 is 15.1. The molecule has 0 spiro atoms. The Kier molecular flexibility index (Phi) is 9.21. The average molecular weight is 340 g/mol. The first-order valence-electron chi connectivity index (χ1n) is 7.64. The van der Waals surface area contributed by atoms with Crippen molar-refractivity contribution in [1.82, 2.24) is 0 Å². The molecule has 0 saturated heterocycles. The Bertz CT molecular complexity index is 466. The van der Waals surface area contributed by atoms with Gasteiger partial charge in [-0.05, 0) is 31.5 Å². The smallest absolute Gasteiger partial charge is 0.306 e. The number of benzene rings is 1. The molecule has 0 radical (unpaired) electrons. The van der Waals surface area contributed by atoms with E-state index in [2.05, 4.69) is 0 Å². The van der Waals surface area contributed by atoms with Crippen LogP contribution in [-0.4, -0.2) is 37.5 Å². The Balaban J connectivity index is 2.58. The lowest BCUT2D eigenvalue weighted by Crippen LogP contribution is -2.19. The summed E-state index contributed by atoms with van der Waals surface area (Å²) in [5.41, 5.74) is 1.11. The molecule has 0 aromatic heterocycles. The molecule has 5 nitrogen and oxygen atoms in total. The minimum atomic E-state index is -0.288. The fraction of sp³-hybridized carbons (Fsp3) is 0.529. The maximum absolute atomic E-state index is 11.7. The summed E-state index contributed by atoms with van der Waals surface area (Å²) in [6.07, 6.45) is 0.404. The van der Waals surface area contributed by atoms with Crippen LogP contribution in [0.5, 0.6) is 5.75 Å². The second-order valence-electron chi connectivity index (χ2n) is 4.80. The van der Waals surface area contributed by atoms with Crippen molar-refractivity contribution < 1.29 is 23.8 Å². The van der Waals surface area contributed by atoms with Crippen molar-refractivity contribution in [2.75, 3.05) is 20.3 Å². The van der Waals surface area contributed by atoms with Gasteiger partial charge >= 0.3 is 11.9 Å². The molecule has 0 aliphatic carbocycles. The average Bonchev–Trinajstić information content (AvgIpc) is 2.53. The predicted octanol–water partition coefficient (Wildman–Crippen LogP) is 3.20. The fourth-order valence-corrected chi connectivity index (χ4v) is 3.07. The molecular formula is C17H24O5S. The number of esters is 2. The van der Waals surface area contributed by atoms with Gasteiger partial charge in [0.1, 0.15) is 5.75 Å². The normalized spacial score (nSPS) is 10.4. The van der Waals surface area contributed by atoms with E-state index < -0.39 is 0 Å². The summed E-state index contributed by atoms with van der Waals surface area (Å²) in [4.78, 5) is 23.4. The predicted molar refractivity (Wildman–Crippen MR) is 90.6 cm³/mol. The van der Waals surface area contributed by atoms with Gasteiger partial charge in [0.25, 0.3) is 0 Å². The highest BCUT2D eigenvalue weighted by atomic mass is 32.2. The lowest BCUT2D eigenvalue weighted by atomic mass is 10.2. The third-order valence-corrected chi connectivity index (χ3v) is 4.35. The molecule has 0 atom stereocenters. The fourth-order valence-electron chi connectivity index (χ4n) is 1.94. The Morgan fingerprint density at radius 2 is 1.52 bits per heavy atom. The molecule has 6 heteroatoms. The zero-order valence-corrected chi connectivity index (χ0v) is 14.7. The number of rotatable bonds is 10. The van der Waals surface area contributed by atoms with Crippen LogP contribution >= 0.6 is 11.8 Å². The number of ether oxygens (including phenoxy) is 3. The second kappa shape index (κ2) is 10.9. The van der Waals surface area contributed by atoms with Crippen molar-refractivity contribution in [3.05, 3.63) is 29.8 Å². The minimum absolute atomic E-state index is 0.157. The van der Waals surface area contributed by atoms with Crippen LogP contribution in [0.25, 0.3) is 0 Å². The third-order valence-electron chi connectivity index (χ3n) is 3.04. The lowest BCUT2D eigenvalue weighted by Gasteiger charge is -2.15. The Morgan fingerprint density at radius 1 is 1.00 bits per heavy atom. The van der Waals surface area contributed by atoms with Crippen molar-refractivity contribution in [1.29, 1.82) is 0 Å². The molecular weight excluding hydrogens is 316 g/mol. The van der Waals surface area contributed by atoms with Crippen LogP contribution in [0.1, 0.15) is 32.3 Å². The monoisotopic (exact) mass is 340 g/mol. The summed E-state index contributed by atoms with van der Waals surface area (Å²) in [6.45, 7) is 4.22. The van der Waals surface area contributed by atoms with Gasteiger partial charge in [-0.2, -0.15) is 11.8 Å². The summed E-state index contributed by atoms with van der Waals surface area (Å²) >= 11 is 1.55. The Labute approximate surface area is 141 Å². The van der Waals surface area contributed by atoms with Crippen LogP contribution in [0.3, 0.4) is 0 Å². The molecule has 1 rings (SSSR count). The number of carbonyl (C=O) groups is 2. The van der Waals surface area contributed by atoms with Gasteiger partial charge in [0, 0.05) is 11.0 Å². The van der Waals surface area contributed by atoms with E-state index in [-0.39, 0.29) is 30.0 Å². The third kappa shape index (κ3) is 7.93. The molecule has 1 aromatic carbocycles. The Morgan fingerprint density at radius 3 is 1.96 bits per heavy atom. The van der Waals surface area contributed by atoms with Crippen LogP contribution < -0.4 is 4.74 Å². The van der Waals surface area contributed by atoms with Crippen molar-refractivity contribution in [2.45, 2.75) is 37.7 Å². The molecule has 23 heavy (non-hydrogen) atoms. The first-order valence-corrected chi connectivity index (χ1v) is 8.69. The van der Waals surface area contributed by atoms with E-state index in [1.54, 1.807) is 32.7 Å². The van der Waals surface area contributed by atoms with Crippen molar-refractivity contribution in [3.63, 3.8) is 0 Å². The maximum atomic E-state index is 11.7. The van der Waals surface area contributed by atoms with E-state index in [1.165, 1.54) is 0 Å². The lowest BCUT2D eigenvalue weighted by molar-refractivity contribution is -0.144. The van der Waals surface area contributed by atoms with E-state index in [9.17, 15) is 9.59 Å². The standard InChI is InChI=1S/C17H24O5S/c1-4-21-16(18)10-15(11-17(19)22-5-2)23-12-13-6-8-14(20-3)9-7-13/h6-9,15H,4-5,10-12H2,1-3H3. The molecule has 0 fully saturated rings. The van der Waals surface area contributed by atoms with Crippen LogP contribution in [0.4, 0.5) is 0 Å². The highest BCUT2D eigenvalue weighted by Gasteiger charge is 2.20. The van der Waals surface area contributed by atoms with E-state index in [1.807, 2.05) is 24.3 Å². The summed E-state index contributed by atoms with van der Waals surface area (Å²) in [7, 11) is 1.62. The molecule has 0 aliphatic heterocycles. The largest absolute Gasteiger partial charge is 0.497 e. The quantitative estimate of drug-likeness (QED) is 0.610. The molecule has 0 saturated carbocycles. The van der Waals surface area contributed by atoms with Gasteiger partial charge in [-0.25, -0.2) is 0 Å². The number of carbonyl (C=O) groups excluding carboxylic acids is 2. The van der Waals surface area contributed by atoms with Crippen LogP contribution in [-0.2, 0) is 24.8 Å². The summed E-state index contributed by atoms with van der Waals surface area (Å²) in [6, 6.07) is 7.72. The Hall–Kier alpha value is -1.69. The number of thioether (sulfide) groups is 1. The summed E-state index contributed by atoms with van der Waals surface area (Å²) in [5, 5.41) is -0.157. The SMILES string of the molecule is CCOC(=O)CC(CC(=O)OCC)SCc1ccc(OC)cc1. The maximum Gasteiger partial charge on any atom is 0.306 e. The van der Waals surface area contributed by atoms with Gasteiger partial charge in [-0.3, -0.25) is 9.59 Å². The van der Waals surface area contributed by atoms with Gasteiger partial charge < -0.3 is 14.2 Å². The number of hydrogen-bond donors (Lipinski definition) is 0. The zero-order valence-electron chi connectivity index (χ0n) is 13.9. The van der Waals surface area contributed by atoms with Crippen LogP contribution in [0, 0.1) is 0 Å². The molecule has 0 N–H and O–H groups in total. The van der Waals surface area contributed by atoms with Gasteiger partial charge in [0.05, 0.1) is 33.2 Å². The molecule has 0 aliphatic rings. The van der Waals surface area contributed by atoms with Crippen molar-refractivity contribution in [3.8, 4) is 5.75 Å². The number of hydrogen-bond acceptors (Lipinski definition) is 6. The molecule has 0 unspecified atom stereocenters. The molecule has 128 valence electrons. The van der Waals surface area contributed by atoms with E-state index in [0.717, 1.165) is 11.3 Å². The van der Waals surface area contributed by atoms with Crippen molar-refractivity contribution in [2.24, 2.45) is 0 Å². The highest BCUT2D eigenvalue weighted by molar-refractivity contribution is 7.99. The van der Waals surface area contributed by atoms with Gasteiger partial charge in [-0.15, -0.1) is 0 Å². The zero-order chi connectivity index (χ0) is 17.1. The second-order valence-corrected chi connectivity index (χ2v) is 6.09. The van der Waals surface area contributed by atoms with Crippen molar-refractivity contribution >= 4 is 23.7 Å². The van der Waals surface area contributed by atoms with Crippen LogP contribution in [0.2, 0.25) is 0 Å². The van der Waals surface area contributed by atoms with Crippen LogP contribution in [0.15, 0.2) is 24.3 Å². The van der Waals surface area contributed by atoms with E-state index >= 15 is 0 Å². The highest BCUT2D eigenvalue weighted by Crippen LogP contribution is 2.25. The van der Waals surface area contributed by atoms with Gasteiger partial charge in [0.15, 0.2) is 0 Å². The van der Waals surface area contributed by atoms with E-state index in [4.69, 9.17) is 14.2 Å². The first kappa shape index (κ1) is 19.4.